The highest BCUT2D eigenvalue weighted by atomic mass is 31.2. The fourth-order valence-corrected chi connectivity index (χ4v) is 6.65. The smallest absolute Gasteiger partial charge is 0.459 e. The first-order valence-corrected chi connectivity index (χ1v) is 14.9. The number of aliphatic hydroxyl groups is 1. The van der Waals surface area contributed by atoms with Gasteiger partial charge in [-0.1, -0.05) is 24.1 Å². The lowest BCUT2D eigenvalue weighted by Crippen LogP contribution is -2.47. The normalized spacial score (nSPS) is 30.1. The van der Waals surface area contributed by atoms with Gasteiger partial charge < -0.3 is 30.2 Å². The first-order chi connectivity index (χ1) is 20.0. The van der Waals surface area contributed by atoms with Crippen LogP contribution in [0, 0.1) is 12.3 Å². The number of benzene rings is 1. The van der Waals surface area contributed by atoms with E-state index in [0.29, 0.717) is 11.3 Å². The van der Waals surface area contributed by atoms with Crippen molar-refractivity contribution >= 4 is 36.6 Å². The van der Waals surface area contributed by atoms with Gasteiger partial charge in [0.15, 0.2) is 28.8 Å². The standard InChI is InChI=1S/C26H29FN7O7P/c1-4-25(27)23(34-13-29-17-20(30-15-11-12-15)31-24(28)32-21(17)34)39-18-19(26(18,25)36)41-42(37,33-14(3)22(35)38-5-2)40-16-9-7-6-8-10-16/h1,6-10,13-15,18-19,23,36H,5,11-12H2,2-3H3,(H,33,37)(H3,28,30,31,32)/t14-,18+,19?,23+,25-,26-,42+/m0/s1. The number of esters is 1. The molecular weight excluding hydrogens is 572 g/mol. The molecule has 1 unspecified atom stereocenters. The average molecular weight is 602 g/mol. The molecule has 0 radical (unpaired) electrons. The molecule has 2 aliphatic carbocycles. The first kappa shape index (κ1) is 28.3. The van der Waals surface area contributed by atoms with Crippen LogP contribution in [0.2, 0.25) is 0 Å². The molecule has 1 aliphatic heterocycles. The number of imidazole rings is 1. The number of hydrogen-bond acceptors (Lipinski definition) is 12. The van der Waals surface area contributed by atoms with Crippen molar-refractivity contribution in [3.05, 3.63) is 36.7 Å². The Balaban J connectivity index is 1.28. The Morgan fingerprint density at radius 1 is 1.38 bits per heavy atom. The Hall–Kier alpha value is -3.80. The zero-order valence-electron chi connectivity index (χ0n) is 22.6. The van der Waals surface area contributed by atoms with Gasteiger partial charge in [-0.05, 0) is 38.8 Å². The van der Waals surface area contributed by atoms with Crippen LogP contribution < -0.4 is 20.7 Å². The fraction of sp³-hybridized carbons (Fsp3) is 0.462. The number of alkyl halides is 1. The molecule has 0 amide bonds. The number of ether oxygens (including phenoxy) is 2. The molecule has 42 heavy (non-hydrogen) atoms. The van der Waals surface area contributed by atoms with Crippen LogP contribution in [0.25, 0.3) is 11.2 Å². The molecule has 3 aliphatic rings. The Morgan fingerprint density at radius 3 is 2.79 bits per heavy atom. The van der Waals surface area contributed by atoms with Crippen molar-refractivity contribution in [1.29, 1.82) is 0 Å². The number of anilines is 2. The lowest BCUT2D eigenvalue weighted by atomic mass is 9.96. The highest BCUT2D eigenvalue weighted by molar-refractivity contribution is 7.52. The number of halogens is 1. The molecule has 3 fully saturated rings. The van der Waals surface area contributed by atoms with Crippen molar-refractivity contribution in [2.75, 3.05) is 17.7 Å². The molecule has 222 valence electrons. The molecule has 7 atom stereocenters. The van der Waals surface area contributed by atoms with E-state index >= 15 is 4.39 Å². The van der Waals surface area contributed by atoms with E-state index in [1.54, 1.807) is 25.1 Å². The van der Waals surface area contributed by atoms with Gasteiger partial charge in [-0.2, -0.15) is 15.1 Å². The summed E-state index contributed by atoms with van der Waals surface area (Å²) in [6, 6.07) is 7.06. The van der Waals surface area contributed by atoms with Crippen molar-refractivity contribution in [3.8, 4) is 18.1 Å². The second kappa shape index (κ2) is 10.2. The number of hydrogen-bond donors (Lipinski definition) is 4. The third-order valence-corrected chi connectivity index (χ3v) is 8.92. The SMILES string of the molecule is C#C[C@]1(F)[C@H](n2cnc3c(NC4CC4)nc(N)nc32)O[C@@H]2C(O[P@@](=O)(N[C@@H](C)C(=O)OCC)Oc3ccccc3)[C@@]21O. The maximum Gasteiger partial charge on any atom is 0.459 e. The van der Waals surface area contributed by atoms with E-state index in [2.05, 4.69) is 25.4 Å². The van der Waals surface area contributed by atoms with Crippen LogP contribution in [0.5, 0.6) is 5.75 Å². The van der Waals surface area contributed by atoms with Crippen molar-refractivity contribution in [1.82, 2.24) is 24.6 Å². The Bertz CT molecular complexity index is 1620. The van der Waals surface area contributed by atoms with Crippen molar-refractivity contribution < 1.29 is 37.4 Å². The Kier molecular flexibility index (Phi) is 6.87. The third kappa shape index (κ3) is 4.65. The summed E-state index contributed by atoms with van der Waals surface area (Å²) in [6.45, 7) is 3.09. The van der Waals surface area contributed by atoms with E-state index in [-0.39, 0.29) is 30.0 Å². The molecule has 16 heteroatoms. The van der Waals surface area contributed by atoms with Gasteiger partial charge in [0.1, 0.15) is 24.0 Å². The van der Waals surface area contributed by atoms with E-state index < -0.39 is 49.5 Å². The summed E-state index contributed by atoms with van der Waals surface area (Å²) in [6.07, 6.45) is 4.35. The summed E-state index contributed by atoms with van der Waals surface area (Å²) in [7, 11) is -4.46. The second-order valence-corrected chi connectivity index (χ2v) is 11.9. The molecule has 1 aromatic carbocycles. The highest BCUT2D eigenvalue weighted by Crippen LogP contribution is 2.66. The van der Waals surface area contributed by atoms with Gasteiger partial charge in [0.05, 0.1) is 12.9 Å². The number of rotatable bonds is 11. The van der Waals surface area contributed by atoms with E-state index in [4.69, 9.17) is 30.7 Å². The molecule has 6 rings (SSSR count). The Morgan fingerprint density at radius 2 is 2.12 bits per heavy atom. The average Bonchev–Trinajstić information content (AvgIpc) is 3.79. The summed E-state index contributed by atoms with van der Waals surface area (Å²) in [5.41, 5.74) is 1.02. The molecule has 14 nitrogen and oxygen atoms in total. The highest BCUT2D eigenvalue weighted by Gasteiger charge is 2.87. The summed E-state index contributed by atoms with van der Waals surface area (Å²) in [5.74, 6) is 1.70. The largest absolute Gasteiger partial charge is 0.465 e. The number of carbonyl (C=O) groups excluding carboxylic acids is 1. The fourth-order valence-electron chi connectivity index (χ4n) is 4.95. The van der Waals surface area contributed by atoms with Crippen LogP contribution in [-0.2, 0) is 23.4 Å². The maximum atomic E-state index is 16.7. The topological polar surface area (TPSA) is 185 Å². The van der Waals surface area contributed by atoms with Gasteiger partial charge in [-0.3, -0.25) is 13.9 Å². The quantitative estimate of drug-likeness (QED) is 0.142. The molecule has 5 N–H and O–H groups in total. The first-order valence-electron chi connectivity index (χ1n) is 13.3. The van der Waals surface area contributed by atoms with Gasteiger partial charge in [-0.25, -0.2) is 13.9 Å². The third-order valence-electron chi connectivity index (χ3n) is 7.26. The van der Waals surface area contributed by atoms with Crippen molar-refractivity contribution in [3.63, 3.8) is 0 Å². The molecule has 1 saturated heterocycles. The lowest BCUT2D eigenvalue weighted by Gasteiger charge is -2.31. The molecular formula is C26H29FN7O7P. The summed E-state index contributed by atoms with van der Waals surface area (Å²) < 4.78 is 54.0. The number of nitrogens with zero attached hydrogens (tertiary/aromatic N) is 4. The van der Waals surface area contributed by atoms with E-state index in [9.17, 15) is 14.5 Å². The van der Waals surface area contributed by atoms with Gasteiger partial charge in [0, 0.05) is 6.04 Å². The number of nitrogens with two attached hydrogens (primary N) is 1. The number of nitrogens with one attached hydrogen (secondary N) is 2. The second-order valence-electron chi connectivity index (χ2n) is 10.3. The number of para-hydroxylation sites is 1. The van der Waals surface area contributed by atoms with Gasteiger partial charge in [-0.15, -0.1) is 6.42 Å². The minimum Gasteiger partial charge on any atom is -0.465 e. The molecule has 2 aromatic heterocycles. The van der Waals surface area contributed by atoms with Crippen molar-refractivity contribution in [2.24, 2.45) is 0 Å². The lowest BCUT2D eigenvalue weighted by molar-refractivity contribution is -0.144. The predicted octanol–water partition coefficient (Wildman–Crippen LogP) is 2.08. The van der Waals surface area contributed by atoms with Crippen LogP contribution in [-0.4, -0.2) is 72.8 Å². The zero-order valence-corrected chi connectivity index (χ0v) is 23.5. The number of terminal acetylenes is 1. The molecule has 3 aromatic rings. The monoisotopic (exact) mass is 601 g/mol. The molecule has 3 heterocycles. The molecule has 2 saturated carbocycles. The summed E-state index contributed by atoms with van der Waals surface area (Å²) in [4.78, 5) is 25.0. The predicted molar refractivity (Wildman–Crippen MR) is 147 cm³/mol. The molecule has 0 spiro atoms. The Labute approximate surface area is 239 Å². The van der Waals surface area contributed by atoms with Gasteiger partial charge in [0.25, 0.3) is 0 Å². The van der Waals surface area contributed by atoms with Crippen LogP contribution >= 0.6 is 7.75 Å². The number of aromatic nitrogens is 4. The van der Waals surface area contributed by atoms with Crippen LogP contribution in [0.1, 0.15) is 32.9 Å². The van der Waals surface area contributed by atoms with E-state index in [1.807, 2.05) is 5.92 Å². The van der Waals surface area contributed by atoms with Crippen LogP contribution in [0.3, 0.4) is 0 Å². The number of fused-ring (bicyclic) bond motifs is 2. The zero-order chi connectivity index (χ0) is 29.9. The maximum absolute atomic E-state index is 16.7. The van der Waals surface area contributed by atoms with E-state index in [0.717, 1.165) is 12.8 Å². The van der Waals surface area contributed by atoms with E-state index in [1.165, 1.54) is 30.0 Å². The van der Waals surface area contributed by atoms with Crippen LogP contribution in [0.4, 0.5) is 16.2 Å². The number of carbonyl (C=O) groups is 1. The van der Waals surface area contributed by atoms with Gasteiger partial charge >= 0.3 is 13.7 Å². The number of nitrogen functional groups attached to an aromatic ring is 1. The molecule has 0 bridgehead atoms. The summed E-state index contributed by atoms with van der Waals surface area (Å²) in [5, 5.41) is 17.2. The minimum atomic E-state index is -4.46. The minimum absolute atomic E-state index is 0.0820. The van der Waals surface area contributed by atoms with Crippen LogP contribution in [0.15, 0.2) is 36.7 Å². The summed E-state index contributed by atoms with van der Waals surface area (Å²) >= 11 is 0. The van der Waals surface area contributed by atoms with Gasteiger partial charge in [0.2, 0.25) is 11.6 Å². The van der Waals surface area contributed by atoms with Crippen molar-refractivity contribution in [2.45, 2.75) is 68.5 Å².